The number of aliphatic hydroxyl groups excluding tert-OH is 9. The number of aromatic hydroxyl groups is 2. The molecule has 4 heterocycles. The molecule has 15 atom stereocenters. The Bertz CT molecular complexity index is 1770. The molecule has 0 aliphatic carbocycles. The minimum atomic E-state index is -1.98. The molecule has 0 unspecified atom stereocenters. The summed E-state index contributed by atoms with van der Waals surface area (Å²) in [7, 11) is 0. The maximum Gasteiger partial charge on any atom is 0.239 e. The second-order valence-corrected chi connectivity index (χ2v) is 12.9. The van der Waals surface area contributed by atoms with Gasteiger partial charge in [0, 0.05) is 17.7 Å². The van der Waals surface area contributed by atoms with E-state index in [1.54, 1.807) is 0 Å². The molecule has 0 saturated carbocycles. The van der Waals surface area contributed by atoms with Crippen LogP contribution in [0.3, 0.4) is 0 Å². The molecule has 3 saturated heterocycles. The standard InChI is InChI=1S/C33H40O19/c1-10-19(36)23(40)26(43)31(47-10)46-9-17-21(38)25(42)28(45)33(51-17)52-30-22(39)18-15(35)7-14(49-32-27(44)24(41)20(37)11(2)48-32)8-16(18)50-29(30)12-3-5-13(34)6-4-12/h3-8,10-11,17,19-21,23-28,31-38,40-45H,9H2,1-2H3/t10-,11+,17-,19-,20-,21-,23+,24+,25+,26-,27+,28-,31+,32+,33+/m0/s1. The highest BCUT2D eigenvalue weighted by Gasteiger charge is 2.48. The molecule has 19 nitrogen and oxygen atoms in total. The van der Waals surface area contributed by atoms with E-state index in [0.717, 1.165) is 6.07 Å². The predicted molar refractivity (Wildman–Crippen MR) is 170 cm³/mol. The molecule has 3 aliphatic heterocycles. The molecule has 19 heteroatoms. The zero-order valence-electron chi connectivity index (χ0n) is 27.5. The quantitative estimate of drug-likeness (QED) is 0.110. The summed E-state index contributed by atoms with van der Waals surface area (Å²) >= 11 is 0. The van der Waals surface area contributed by atoms with E-state index < -0.39 is 121 Å². The first-order valence-corrected chi connectivity index (χ1v) is 16.2. The summed E-state index contributed by atoms with van der Waals surface area (Å²) < 4.78 is 39.5. The topological polar surface area (TPSA) is 308 Å². The van der Waals surface area contributed by atoms with E-state index in [-0.39, 0.29) is 28.4 Å². The molecule has 52 heavy (non-hydrogen) atoms. The second-order valence-electron chi connectivity index (χ2n) is 12.9. The summed E-state index contributed by atoms with van der Waals surface area (Å²) in [6.45, 7) is 2.25. The van der Waals surface area contributed by atoms with E-state index >= 15 is 0 Å². The lowest BCUT2D eigenvalue weighted by Gasteiger charge is -2.42. The van der Waals surface area contributed by atoms with Gasteiger partial charge in [0.15, 0.2) is 12.1 Å². The smallest absolute Gasteiger partial charge is 0.239 e. The maximum absolute atomic E-state index is 14.0. The van der Waals surface area contributed by atoms with E-state index in [4.69, 9.17) is 32.8 Å². The molecule has 0 radical (unpaired) electrons. The van der Waals surface area contributed by atoms with Crippen LogP contribution in [-0.4, -0.2) is 155 Å². The van der Waals surface area contributed by atoms with Gasteiger partial charge in [-0.3, -0.25) is 4.79 Å². The van der Waals surface area contributed by atoms with Gasteiger partial charge in [-0.2, -0.15) is 0 Å². The Labute approximate surface area is 293 Å². The number of hydrogen-bond acceptors (Lipinski definition) is 19. The Morgan fingerprint density at radius 2 is 1.17 bits per heavy atom. The number of phenolic OH excluding ortho intramolecular Hbond substituents is 2. The van der Waals surface area contributed by atoms with Gasteiger partial charge in [-0.05, 0) is 38.1 Å². The minimum absolute atomic E-state index is 0.138. The van der Waals surface area contributed by atoms with Crippen molar-refractivity contribution in [1.29, 1.82) is 0 Å². The zero-order valence-corrected chi connectivity index (χ0v) is 27.5. The summed E-state index contributed by atoms with van der Waals surface area (Å²) in [6, 6.07) is 7.38. The van der Waals surface area contributed by atoms with Crippen molar-refractivity contribution in [2.45, 2.75) is 106 Å². The monoisotopic (exact) mass is 740 g/mol. The number of ether oxygens (including phenoxy) is 6. The van der Waals surface area contributed by atoms with Gasteiger partial charge in [0.25, 0.3) is 0 Å². The number of benzene rings is 2. The number of aliphatic hydroxyl groups is 9. The molecule has 1 aromatic heterocycles. The van der Waals surface area contributed by atoms with E-state index in [2.05, 4.69) is 0 Å². The Balaban J connectivity index is 1.32. The Hall–Kier alpha value is -3.67. The van der Waals surface area contributed by atoms with Crippen LogP contribution in [-0.2, 0) is 18.9 Å². The Kier molecular flexibility index (Phi) is 11.0. The molecule has 3 aromatic rings. The Morgan fingerprint density at radius 1 is 0.635 bits per heavy atom. The predicted octanol–water partition coefficient (Wildman–Crippen LogP) is -2.89. The van der Waals surface area contributed by atoms with Crippen LogP contribution >= 0.6 is 0 Å². The third-order valence-corrected chi connectivity index (χ3v) is 9.23. The van der Waals surface area contributed by atoms with Crippen LogP contribution in [0.1, 0.15) is 13.8 Å². The summed E-state index contributed by atoms with van der Waals surface area (Å²) in [4.78, 5) is 14.0. The van der Waals surface area contributed by atoms with Gasteiger partial charge in [-0.25, -0.2) is 0 Å². The lowest BCUT2D eigenvalue weighted by atomic mass is 9.98. The molecular weight excluding hydrogens is 700 g/mol. The molecular formula is C33H40O19. The van der Waals surface area contributed by atoms with Gasteiger partial charge in [0.2, 0.25) is 23.8 Å². The third kappa shape index (κ3) is 7.16. The lowest BCUT2D eigenvalue weighted by molar-refractivity contribution is -0.318. The van der Waals surface area contributed by atoms with E-state index in [9.17, 15) is 61.0 Å². The average Bonchev–Trinajstić information content (AvgIpc) is 3.11. The zero-order chi connectivity index (χ0) is 37.8. The third-order valence-electron chi connectivity index (χ3n) is 9.23. The first-order chi connectivity index (χ1) is 24.6. The SMILES string of the molecule is C[C@@H]1O[C@@H](OC[C@@H]2O[C@H](Oc3c(-c4ccc(O)cc4)oc4cc(O[C@H]5O[C@H](C)[C@H](O)[C@@H](O)[C@H]5O)cc(O)c4c3=O)[C@@H](O)[C@H](O)[C@H]2O)[C@@H](O)[C@H](O)[C@H]1O. The highest BCUT2D eigenvalue weighted by Crippen LogP contribution is 2.38. The summed E-state index contributed by atoms with van der Waals surface area (Å²) in [5.41, 5.74) is -1.16. The van der Waals surface area contributed by atoms with E-state index in [0.29, 0.717) is 0 Å². The number of rotatable bonds is 8. The van der Waals surface area contributed by atoms with E-state index in [1.807, 2.05) is 0 Å². The van der Waals surface area contributed by atoms with Gasteiger partial charge < -0.3 is 89.0 Å². The van der Waals surface area contributed by atoms with Crippen LogP contribution in [0.25, 0.3) is 22.3 Å². The van der Waals surface area contributed by atoms with Crippen molar-refractivity contribution in [3.63, 3.8) is 0 Å². The van der Waals surface area contributed by atoms with Crippen LogP contribution in [0, 0.1) is 0 Å². The van der Waals surface area contributed by atoms with Crippen LogP contribution in [0.15, 0.2) is 45.6 Å². The van der Waals surface area contributed by atoms with Gasteiger partial charge in [-0.15, -0.1) is 0 Å². The highest BCUT2D eigenvalue weighted by atomic mass is 16.7. The molecule has 0 spiro atoms. The molecule has 0 amide bonds. The van der Waals surface area contributed by atoms with Gasteiger partial charge in [0.05, 0.1) is 18.8 Å². The molecule has 2 aromatic carbocycles. The minimum Gasteiger partial charge on any atom is -0.508 e. The Morgan fingerprint density at radius 3 is 1.79 bits per heavy atom. The first-order valence-electron chi connectivity index (χ1n) is 16.2. The van der Waals surface area contributed by atoms with Crippen molar-refractivity contribution < 1.29 is 89.0 Å². The van der Waals surface area contributed by atoms with Crippen molar-refractivity contribution in [3.05, 3.63) is 46.6 Å². The number of phenols is 2. The van der Waals surface area contributed by atoms with Crippen molar-refractivity contribution in [2.75, 3.05) is 6.61 Å². The summed E-state index contributed by atoms with van der Waals surface area (Å²) in [5, 5.41) is 114. The van der Waals surface area contributed by atoms with Crippen LogP contribution in [0.2, 0.25) is 0 Å². The maximum atomic E-state index is 14.0. The molecule has 11 N–H and O–H groups in total. The average molecular weight is 741 g/mol. The van der Waals surface area contributed by atoms with Crippen molar-refractivity contribution in [1.82, 2.24) is 0 Å². The highest BCUT2D eigenvalue weighted by molar-refractivity contribution is 5.88. The molecule has 0 bridgehead atoms. The van der Waals surface area contributed by atoms with Gasteiger partial charge in [0.1, 0.15) is 89.3 Å². The van der Waals surface area contributed by atoms with Crippen molar-refractivity contribution in [3.8, 4) is 34.3 Å². The van der Waals surface area contributed by atoms with Gasteiger partial charge >= 0.3 is 0 Å². The molecule has 3 fully saturated rings. The summed E-state index contributed by atoms with van der Waals surface area (Å²) in [6.07, 6.45) is -23.5. The van der Waals surface area contributed by atoms with Crippen molar-refractivity contribution in [2.24, 2.45) is 0 Å². The fourth-order valence-electron chi connectivity index (χ4n) is 6.09. The summed E-state index contributed by atoms with van der Waals surface area (Å²) in [5.74, 6) is -2.01. The van der Waals surface area contributed by atoms with E-state index in [1.165, 1.54) is 44.2 Å². The van der Waals surface area contributed by atoms with Gasteiger partial charge in [-0.1, -0.05) is 0 Å². The van der Waals surface area contributed by atoms with Crippen molar-refractivity contribution >= 4 is 11.0 Å². The lowest BCUT2D eigenvalue weighted by Crippen LogP contribution is -2.61. The normalized spacial score (nSPS) is 38.2. The fraction of sp³-hybridized carbons (Fsp3) is 0.545. The number of fused-ring (bicyclic) bond motifs is 1. The largest absolute Gasteiger partial charge is 0.508 e. The molecule has 286 valence electrons. The second kappa shape index (κ2) is 15.0. The van der Waals surface area contributed by atoms with Crippen LogP contribution in [0.5, 0.6) is 23.0 Å². The van der Waals surface area contributed by atoms with Crippen LogP contribution in [0.4, 0.5) is 0 Å². The molecule has 3 aliphatic rings. The molecule has 6 rings (SSSR count). The first kappa shape index (κ1) is 38.1. The fourth-order valence-corrected chi connectivity index (χ4v) is 6.09. The van der Waals surface area contributed by atoms with Crippen LogP contribution < -0.4 is 14.9 Å². The number of hydrogen-bond donors (Lipinski definition) is 11.